The predicted molar refractivity (Wildman–Crippen MR) is 84.8 cm³/mol. The Morgan fingerprint density at radius 3 is 2.43 bits per heavy atom. The first-order valence-corrected chi connectivity index (χ1v) is 7.33. The summed E-state index contributed by atoms with van der Waals surface area (Å²) in [6, 6.07) is 10.4. The van der Waals surface area contributed by atoms with E-state index in [9.17, 15) is 4.39 Å². The molecule has 0 aliphatic heterocycles. The average Bonchev–Trinajstić information content (AvgIpc) is 2.45. The summed E-state index contributed by atoms with van der Waals surface area (Å²) in [5.41, 5.74) is 1.66. The first-order valence-electron chi connectivity index (χ1n) is 6.58. The number of hydrogen-bond acceptors (Lipinski definition) is 2. The Balaban J connectivity index is 1.88. The van der Waals surface area contributed by atoms with Crippen LogP contribution in [0.25, 0.3) is 0 Å². The minimum absolute atomic E-state index is 0.171. The van der Waals surface area contributed by atoms with Crippen molar-refractivity contribution in [2.45, 2.75) is 13.0 Å². The van der Waals surface area contributed by atoms with Crippen molar-refractivity contribution in [1.29, 1.82) is 0 Å². The molecule has 21 heavy (non-hydrogen) atoms. The van der Waals surface area contributed by atoms with Gasteiger partial charge in [-0.25, -0.2) is 4.39 Å². The van der Waals surface area contributed by atoms with Crippen molar-refractivity contribution in [2.24, 2.45) is 0 Å². The molecule has 0 aromatic heterocycles. The van der Waals surface area contributed by atoms with Crippen LogP contribution in [0.5, 0.6) is 5.75 Å². The maximum absolute atomic E-state index is 13.5. The number of nitrogens with one attached hydrogen (secondary N) is 1. The molecule has 0 atom stereocenters. The molecule has 0 fully saturated rings. The molecule has 0 saturated carbocycles. The van der Waals surface area contributed by atoms with Gasteiger partial charge in [0.25, 0.3) is 0 Å². The predicted octanol–water partition coefficient (Wildman–Crippen LogP) is 4.47. The molecule has 2 nitrogen and oxygen atoms in total. The molecule has 0 aliphatic rings. The molecule has 2 aromatic carbocycles. The van der Waals surface area contributed by atoms with Gasteiger partial charge in [-0.15, -0.1) is 0 Å². The van der Waals surface area contributed by atoms with Gasteiger partial charge in [-0.2, -0.15) is 0 Å². The van der Waals surface area contributed by atoms with Crippen LogP contribution in [0.3, 0.4) is 0 Å². The lowest BCUT2D eigenvalue weighted by molar-refractivity contribution is 0.415. The molecule has 0 aliphatic carbocycles. The number of benzene rings is 2. The fourth-order valence-corrected chi connectivity index (χ4v) is 2.75. The maximum Gasteiger partial charge on any atom is 0.156 e. The van der Waals surface area contributed by atoms with Crippen LogP contribution in [-0.2, 0) is 13.0 Å². The van der Waals surface area contributed by atoms with Crippen LogP contribution in [0.15, 0.2) is 36.4 Å². The van der Waals surface area contributed by atoms with Crippen LogP contribution in [-0.4, -0.2) is 13.7 Å². The van der Waals surface area contributed by atoms with E-state index >= 15 is 0 Å². The Hall–Kier alpha value is -1.29. The van der Waals surface area contributed by atoms with Gasteiger partial charge in [0.05, 0.1) is 17.2 Å². The topological polar surface area (TPSA) is 21.3 Å². The van der Waals surface area contributed by atoms with Gasteiger partial charge in [0, 0.05) is 6.54 Å². The Kier molecular flexibility index (Phi) is 5.85. The highest BCUT2D eigenvalue weighted by Gasteiger charge is 2.08. The normalized spacial score (nSPS) is 10.7. The second-order valence-corrected chi connectivity index (χ2v) is 5.43. The number of hydrogen-bond donors (Lipinski definition) is 1. The second kappa shape index (κ2) is 7.64. The van der Waals surface area contributed by atoms with Crippen molar-refractivity contribution < 1.29 is 9.13 Å². The van der Waals surface area contributed by atoms with Crippen LogP contribution in [0, 0.1) is 5.82 Å². The Morgan fingerprint density at radius 1 is 1.14 bits per heavy atom. The third-order valence-electron chi connectivity index (χ3n) is 3.12. The number of methoxy groups -OCH3 is 1. The van der Waals surface area contributed by atoms with Gasteiger partial charge in [-0.1, -0.05) is 41.4 Å². The van der Waals surface area contributed by atoms with Gasteiger partial charge < -0.3 is 10.1 Å². The number of halogens is 3. The first-order chi connectivity index (χ1) is 10.1. The van der Waals surface area contributed by atoms with E-state index in [4.69, 9.17) is 27.9 Å². The van der Waals surface area contributed by atoms with Crippen molar-refractivity contribution in [3.05, 3.63) is 63.4 Å². The highest BCUT2D eigenvalue weighted by molar-refractivity contribution is 6.37. The quantitative estimate of drug-likeness (QED) is 0.790. The average molecular weight is 328 g/mol. The van der Waals surface area contributed by atoms with Crippen molar-refractivity contribution in [3.63, 3.8) is 0 Å². The smallest absolute Gasteiger partial charge is 0.156 e. The van der Waals surface area contributed by atoms with Crippen molar-refractivity contribution >= 4 is 23.2 Å². The Morgan fingerprint density at radius 2 is 1.81 bits per heavy atom. The lowest BCUT2D eigenvalue weighted by atomic mass is 10.1. The van der Waals surface area contributed by atoms with E-state index in [1.165, 1.54) is 13.2 Å². The van der Waals surface area contributed by atoms with Gasteiger partial charge in [0.2, 0.25) is 0 Å². The zero-order valence-corrected chi connectivity index (χ0v) is 13.1. The van der Waals surface area contributed by atoms with Crippen LogP contribution >= 0.6 is 23.2 Å². The summed E-state index contributed by atoms with van der Waals surface area (Å²) < 4.78 is 18.6. The second-order valence-electron chi connectivity index (χ2n) is 4.61. The molecule has 0 spiro atoms. The monoisotopic (exact) mass is 327 g/mol. The molecular weight excluding hydrogens is 312 g/mol. The van der Waals surface area contributed by atoms with E-state index in [0.717, 1.165) is 5.56 Å². The third-order valence-corrected chi connectivity index (χ3v) is 3.68. The zero-order valence-electron chi connectivity index (χ0n) is 11.6. The molecule has 0 bridgehead atoms. The SMILES string of the molecule is COc1c(Cl)cc(CNCCc2ccccc2F)cc1Cl. The lowest BCUT2D eigenvalue weighted by Crippen LogP contribution is -2.17. The van der Waals surface area contributed by atoms with E-state index in [1.54, 1.807) is 12.1 Å². The van der Waals surface area contributed by atoms with E-state index in [1.807, 2.05) is 18.2 Å². The molecule has 112 valence electrons. The van der Waals surface area contributed by atoms with Gasteiger partial charge in [-0.3, -0.25) is 0 Å². The standard InChI is InChI=1S/C16H16Cl2FNO/c1-21-16-13(17)8-11(9-14(16)18)10-20-7-6-12-4-2-3-5-15(12)19/h2-5,8-9,20H,6-7,10H2,1H3. The summed E-state index contributed by atoms with van der Waals surface area (Å²) in [5.74, 6) is 0.309. The molecular formula is C16H16Cl2FNO. The van der Waals surface area contributed by atoms with Crippen molar-refractivity contribution in [1.82, 2.24) is 5.32 Å². The van der Waals surface area contributed by atoms with Gasteiger partial charge in [0.15, 0.2) is 5.75 Å². The van der Waals surface area contributed by atoms with Gasteiger partial charge in [-0.05, 0) is 42.3 Å². The highest BCUT2D eigenvalue weighted by atomic mass is 35.5. The molecule has 1 N–H and O–H groups in total. The molecule has 2 rings (SSSR count). The van der Waals surface area contributed by atoms with Gasteiger partial charge in [0.1, 0.15) is 5.82 Å². The van der Waals surface area contributed by atoms with E-state index < -0.39 is 0 Å². The molecule has 2 aromatic rings. The van der Waals surface area contributed by atoms with Gasteiger partial charge >= 0.3 is 0 Å². The maximum atomic E-state index is 13.5. The van der Waals surface area contributed by atoms with Crippen molar-refractivity contribution in [2.75, 3.05) is 13.7 Å². The molecule has 5 heteroatoms. The summed E-state index contributed by atoms with van der Waals surface area (Å²) in [6.07, 6.45) is 0.629. The summed E-state index contributed by atoms with van der Waals surface area (Å²) >= 11 is 12.2. The lowest BCUT2D eigenvalue weighted by Gasteiger charge is -2.10. The molecule has 0 unspecified atom stereocenters. The summed E-state index contributed by atoms with van der Waals surface area (Å²) in [7, 11) is 1.53. The minimum atomic E-state index is -0.171. The first kappa shape index (κ1) is 16.1. The summed E-state index contributed by atoms with van der Waals surface area (Å²) in [4.78, 5) is 0. The Labute approximate surface area is 133 Å². The van der Waals surface area contributed by atoms with E-state index in [-0.39, 0.29) is 5.82 Å². The van der Waals surface area contributed by atoms with E-state index in [0.29, 0.717) is 40.9 Å². The van der Waals surface area contributed by atoms with Crippen LogP contribution in [0.4, 0.5) is 4.39 Å². The zero-order chi connectivity index (χ0) is 15.2. The van der Waals surface area contributed by atoms with Crippen LogP contribution in [0.1, 0.15) is 11.1 Å². The molecule has 0 heterocycles. The summed E-state index contributed by atoms with van der Waals surface area (Å²) in [6.45, 7) is 1.28. The van der Waals surface area contributed by atoms with Crippen molar-refractivity contribution in [3.8, 4) is 5.75 Å². The Bertz CT molecular complexity index is 596. The highest BCUT2D eigenvalue weighted by Crippen LogP contribution is 2.33. The van der Waals surface area contributed by atoms with E-state index in [2.05, 4.69) is 5.32 Å². The molecule has 0 saturated heterocycles. The van der Waals surface area contributed by atoms with Crippen LogP contribution < -0.4 is 10.1 Å². The fourth-order valence-electron chi connectivity index (χ4n) is 2.07. The summed E-state index contributed by atoms with van der Waals surface area (Å²) in [5, 5.41) is 4.21. The fraction of sp³-hybridized carbons (Fsp3) is 0.250. The molecule has 0 radical (unpaired) electrons. The largest absolute Gasteiger partial charge is 0.494 e. The number of ether oxygens (including phenoxy) is 1. The minimum Gasteiger partial charge on any atom is -0.494 e. The molecule has 0 amide bonds. The van der Waals surface area contributed by atoms with Crippen LogP contribution in [0.2, 0.25) is 10.0 Å². The number of rotatable bonds is 6. The third kappa shape index (κ3) is 4.34.